The minimum absolute atomic E-state index is 0.116. The highest BCUT2D eigenvalue weighted by molar-refractivity contribution is 6.07. The Morgan fingerprint density at radius 1 is 1.06 bits per heavy atom. The van der Waals surface area contributed by atoms with Crippen LogP contribution in [-0.4, -0.2) is 30.1 Å². The lowest BCUT2D eigenvalue weighted by Crippen LogP contribution is -2.26. The van der Waals surface area contributed by atoms with Crippen LogP contribution in [-0.2, 0) is 16.0 Å². The van der Waals surface area contributed by atoms with Crippen LogP contribution in [0.2, 0.25) is 0 Å². The molecule has 6 nitrogen and oxygen atoms in total. The second kappa shape index (κ2) is 8.03. The van der Waals surface area contributed by atoms with Crippen LogP contribution in [0, 0.1) is 5.41 Å². The number of pyridine rings is 1. The molecule has 0 bridgehead atoms. The highest BCUT2D eigenvalue weighted by Gasteiger charge is 2.29. The van der Waals surface area contributed by atoms with Crippen molar-refractivity contribution in [2.75, 3.05) is 13.4 Å². The van der Waals surface area contributed by atoms with Crippen LogP contribution in [0.25, 0.3) is 22.6 Å². The number of fused-ring (bicyclic) bond motifs is 3. The maximum atomic E-state index is 13.2. The van der Waals surface area contributed by atoms with E-state index in [1.165, 1.54) is 0 Å². The van der Waals surface area contributed by atoms with Crippen LogP contribution in [0.1, 0.15) is 54.4 Å². The van der Waals surface area contributed by atoms with Crippen molar-refractivity contribution in [1.82, 2.24) is 4.98 Å². The number of aromatic nitrogens is 1. The zero-order valence-electron chi connectivity index (χ0n) is 18.9. The molecule has 0 unspecified atom stereocenters. The predicted octanol–water partition coefficient (Wildman–Crippen LogP) is 5.22. The van der Waals surface area contributed by atoms with Crippen LogP contribution in [0.3, 0.4) is 0 Å². The summed E-state index contributed by atoms with van der Waals surface area (Å²) < 4.78 is 16.4. The van der Waals surface area contributed by atoms with E-state index >= 15 is 0 Å². The molecule has 0 N–H and O–H groups in total. The maximum Gasteiger partial charge on any atom is 0.339 e. The second-order valence-electron chi connectivity index (χ2n) is 9.36. The molecule has 6 heteroatoms. The zero-order chi connectivity index (χ0) is 23.2. The van der Waals surface area contributed by atoms with E-state index in [1.807, 2.05) is 63.2 Å². The Labute approximate surface area is 192 Å². The quantitative estimate of drug-likeness (QED) is 0.515. The summed E-state index contributed by atoms with van der Waals surface area (Å²) in [5.41, 5.74) is 4.37. The minimum Gasteiger partial charge on any atom is -0.454 e. The molecule has 0 radical (unpaired) electrons. The first-order valence-electron chi connectivity index (χ1n) is 11.0. The van der Waals surface area contributed by atoms with E-state index in [2.05, 4.69) is 6.08 Å². The van der Waals surface area contributed by atoms with Crippen LogP contribution in [0.5, 0.6) is 11.5 Å². The summed E-state index contributed by atoms with van der Waals surface area (Å²) in [6.07, 6.45) is 3.52. The van der Waals surface area contributed by atoms with E-state index in [0.717, 1.165) is 51.2 Å². The number of allylic oxidation sites excluding steroid dienone is 1. The molecule has 0 spiro atoms. The van der Waals surface area contributed by atoms with Crippen LogP contribution >= 0.6 is 0 Å². The standard InChI is InChI=1S/C27H25NO5/c1-27(2,3)23(29)14-31-26(30)24-18-6-4-5-7-20(18)28-25-17(9-10-19(24)25)12-16-8-11-21-22(13-16)33-15-32-21/h4-8,11-13H,9-10,14-15H2,1-3H3/b17-12+. The molecule has 0 saturated heterocycles. The van der Waals surface area contributed by atoms with Gasteiger partial charge in [0.1, 0.15) is 0 Å². The number of ether oxygens (including phenoxy) is 3. The monoisotopic (exact) mass is 443 g/mol. The minimum atomic E-state index is -0.566. The Kier molecular flexibility index (Phi) is 5.16. The molecule has 0 atom stereocenters. The molecule has 0 amide bonds. The van der Waals surface area contributed by atoms with Gasteiger partial charge in [-0.3, -0.25) is 4.79 Å². The molecule has 0 fully saturated rings. The molecule has 1 aliphatic carbocycles. The molecule has 33 heavy (non-hydrogen) atoms. The number of carbonyl (C=O) groups excluding carboxylic acids is 2. The van der Waals surface area contributed by atoms with E-state index < -0.39 is 11.4 Å². The van der Waals surface area contributed by atoms with E-state index in [1.54, 1.807) is 0 Å². The van der Waals surface area contributed by atoms with Crippen molar-refractivity contribution in [3.63, 3.8) is 0 Å². The van der Waals surface area contributed by atoms with Crippen molar-refractivity contribution in [1.29, 1.82) is 0 Å². The first-order valence-corrected chi connectivity index (χ1v) is 11.0. The van der Waals surface area contributed by atoms with Gasteiger partial charge in [-0.1, -0.05) is 45.0 Å². The third-order valence-corrected chi connectivity index (χ3v) is 6.05. The van der Waals surface area contributed by atoms with E-state index in [-0.39, 0.29) is 19.2 Å². The third kappa shape index (κ3) is 3.97. The first-order chi connectivity index (χ1) is 15.8. The first kappa shape index (κ1) is 21.2. The average molecular weight is 443 g/mol. The number of para-hydroxylation sites is 1. The van der Waals surface area contributed by atoms with Gasteiger partial charge in [0, 0.05) is 10.8 Å². The van der Waals surface area contributed by atoms with Crippen molar-refractivity contribution in [3.8, 4) is 11.5 Å². The molecule has 2 aromatic carbocycles. The number of carbonyl (C=O) groups is 2. The van der Waals surface area contributed by atoms with Crippen molar-refractivity contribution < 1.29 is 23.8 Å². The number of hydrogen-bond acceptors (Lipinski definition) is 6. The van der Waals surface area contributed by atoms with Crippen LogP contribution in [0.4, 0.5) is 0 Å². The van der Waals surface area contributed by atoms with Gasteiger partial charge < -0.3 is 14.2 Å². The van der Waals surface area contributed by atoms with Gasteiger partial charge in [-0.25, -0.2) is 9.78 Å². The van der Waals surface area contributed by atoms with Gasteiger partial charge in [0.15, 0.2) is 23.9 Å². The van der Waals surface area contributed by atoms with Gasteiger partial charge in [0.05, 0.1) is 16.8 Å². The predicted molar refractivity (Wildman–Crippen MR) is 125 cm³/mol. The lowest BCUT2D eigenvalue weighted by Gasteiger charge is -2.17. The second-order valence-corrected chi connectivity index (χ2v) is 9.36. The highest BCUT2D eigenvalue weighted by Crippen LogP contribution is 2.39. The number of rotatable bonds is 4. The summed E-state index contributed by atoms with van der Waals surface area (Å²) in [6, 6.07) is 13.4. The summed E-state index contributed by atoms with van der Waals surface area (Å²) in [7, 11) is 0. The molecule has 2 aliphatic rings. The highest BCUT2D eigenvalue weighted by atomic mass is 16.7. The Hall–Kier alpha value is -3.67. The normalized spacial score (nSPS) is 15.7. The van der Waals surface area contributed by atoms with E-state index in [4.69, 9.17) is 19.2 Å². The molecular formula is C27H25NO5. The Morgan fingerprint density at radius 2 is 1.85 bits per heavy atom. The molecule has 1 aliphatic heterocycles. The molecule has 5 rings (SSSR count). The fraction of sp³-hybridized carbons (Fsp3) is 0.296. The number of ketones is 1. The summed E-state index contributed by atoms with van der Waals surface area (Å²) in [5.74, 6) is 0.866. The van der Waals surface area contributed by atoms with Gasteiger partial charge in [-0.05, 0) is 53.8 Å². The molecule has 0 saturated carbocycles. The number of hydrogen-bond donors (Lipinski definition) is 0. The Bertz CT molecular complexity index is 1320. The van der Waals surface area contributed by atoms with Crippen LogP contribution < -0.4 is 9.47 Å². The van der Waals surface area contributed by atoms with Crippen LogP contribution in [0.15, 0.2) is 42.5 Å². The molecular weight excluding hydrogens is 418 g/mol. The Balaban J connectivity index is 1.54. The summed E-state index contributed by atoms with van der Waals surface area (Å²) in [4.78, 5) is 30.4. The van der Waals surface area contributed by atoms with Crippen molar-refractivity contribution in [2.24, 2.45) is 5.41 Å². The van der Waals surface area contributed by atoms with Crippen molar-refractivity contribution in [3.05, 3.63) is 64.8 Å². The Morgan fingerprint density at radius 3 is 2.67 bits per heavy atom. The summed E-state index contributed by atoms with van der Waals surface area (Å²) in [5, 5.41) is 0.744. The lowest BCUT2D eigenvalue weighted by atomic mass is 9.91. The van der Waals surface area contributed by atoms with E-state index in [9.17, 15) is 9.59 Å². The zero-order valence-corrected chi connectivity index (χ0v) is 18.9. The van der Waals surface area contributed by atoms with Crippen molar-refractivity contribution >= 4 is 34.3 Å². The largest absolute Gasteiger partial charge is 0.454 e. The smallest absolute Gasteiger partial charge is 0.339 e. The summed E-state index contributed by atoms with van der Waals surface area (Å²) in [6.45, 7) is 5.43. The number of benzene rings is 2. The number of esters is 1. The van der Waals surface area contributed by atoms with E-state index in [0.29, 0.717) is 12.0 Å². The van der Waals surface area contributed by atoms with Gasteiger partial charge >= 0.3 is 5.97 Å². The number of nitrogens with zero attached hydrogens (tertiary/aromatic N) is 1. The van der Waals surface area contributed by atoms with Gasteiger partial charge in [-0.2, -0.15) is 0 Å². The fourth-order valence-electron chi connectivity index (χ4n) is 4.14. The molecule has 1 aromatic heterocycles. The van der Waals surface area contributed by atoms with Gasteiger partial charge in [0.2, 0.25) is 6.79 Å². The summed E-state index contributed by atoms with van der Waals surface area (Å²) >= 11 is 0. The van der Waals surface area contributed by atoms with Gasteiger partial charge in [-0.15, -0.1) is 0 Å². The SMILES string of the molecule is CC(C)(C)C(=O)COC(=O)c1c2c(nc3ccccc13)/C(=C/c1ccc3c(c1)OCO3)CC2. The lowest BCUT2D eigenvalue weighted by molar-refractivity contribution is -0.129. The third-order valence-electron chi connectivity index (χ3n) is 6.05. The topological polar surface area (TPSA) is 74.7 Å². The molecule has 168 valence electrons. The van der Waals surface area contributed by atoms with Crippen molar-refractivity contribution in [2.45, 2.75) is 33.6 Å². The number of Topliss-reactive ketones (excluding diaryl/α,β-unsaturated/α-hetero) is 1. The molecule has 2 heterocycles. The fourth-order valence-corrected chi connectivity index (χ4v) is 4.14. The molecule has 3 aromatic rings. The average Bonchev–Trinajstić information content (AvgIpc) is 3.41. The maximum absolute atomic E-state index is 13.2. The van der Waals surface area contributed by atoms with Gasteiger partial charge in [0.25, 0.3) is 0 Å².